The number of halogens is 1. The van der Waals surface area contributed by atoms with E-state index >= 15 is 0 Å². The van der Waals surface area contributed by atoms with E-state index in [1.165, 1.54) is 19.3 Å². The van der Waals surface area contributed by atoms with Gasteiger partial charge in [0.1, 0.15) is 0 Å². The van der Waals surface area contributed by atoms with Crippen LogP contribution >= 0.6 is 15.9 Å². The second-order valence-electron chi connectivity index (χ2n) is 4.00. The third kappa shape index (κ3) is 1.94. The van der Waals surface area contributed by atoms with E-state index in [4.69, 9.17) is 4.74 Å². The lowest BCUT2D eigenvalue weighted by Gasteiger charge is -2.53. The van der Waals surface area contributed by atoms with Gasteiger partial charge in [0.15, 0.2) is 0 Å². The average Bonchev–Trinajstić information content (AvgIpc) is 2.14. The van der Waals surface area contributed by atoms with E-state index in [-0.39, 0.29) is 0 Å². The number of alkyl halides is 1. The quantitative estimate of drug-likeness (QED) is 0.674. The molecule has 1 aliphatic carbocycles. The Morgan fingerprint density at radius 1 is 1.31 bits per heavy atom. The standard InChI is InChI=1S/C11H21BrO/c1-4-7-13-10-8-9(12)11(10,5-2)6-3/h9-10H,4-8H2,1-3H3. The zero-order valence-corrected chi connectivity index (χ0v) is 10.6. The highest BCUT2D eigenvalue weighted by atomic mass is 79.9. The van der Waals surface area contributed by atoms with E-state index in [2.05, 4.69) is 36.7 Å². The Labute approximate surface area is 90.4 Å². The van der Waals surface area contributed by atoms with Crippen LogP contribution < -0.4 is 0 Å². The Kier molecular flexibility index (Phi) is 4.24. The molecule has 1 fully saturated rings. The number of hydrogen-bond donors (Lipinski definition) is 0. The maximum atomic E-state index is 5.87. The molecule has 0 heterocycles. The zero-order chi connectivity index (χ0) is 9.90. The van der Waals surface area contributed by atoms with Crippen LogP contribution in [0.4, 0.5) is 0 Å². The third-order valence-electron chi connectivity index (χ3n) is 3.53. The maximum absolute atomic E-state index is 5.87. The van der Waals surface area contributed by atoms with Crippen LogP contribution in [0.15, 0.2) is 0 Å². The SMILES string of the molecule is CCCOC1CC(Br)C1(CC)CC. The molecule has 0 aromatic heterocycles. The lowest BCUT2D eigenvalue weighted by molar-refractivity contribution is -0.107. The molecule has 0 saturated heterocycles. The van der Waals surface area contributed by atoms with Crippen LogP contribution in [0.5, 0.6) is 0 Å². The van der Waals surface area contributed by atoms with E-state index in [0.717, 1.165) is 13.0 Å². The molecular formula is C11H21BrO. The molecule has 1 rings (SSSR count). The van der Waals surface area contributed by atoms with Gasteiger partial charge in [-0.3, -0.25) is 0 Å². The molecule has 0 amide bonds. The lowest BCUT2D eigenvalue weighted by atomic mass is 9.62. The Morgan fingerprint density at radius 2 is 1.92 bits per heavy atom. The summed E-state index contributed by atoms with van der Waals surface area (Å²) in [5, 5.41) is 0. The molecule has 1 saturated carbocycles. The summed E-state index contributed by atoms with van der Waals surface area (Å²) in [6.07, 6.45) is 5.29. The lowest BCUT2D eigenvalue weighted by Crippen LogP contribution is -2.54. The molecule has 2 heteroatoms. The Bertz CT molecular complexity index is 154. The van der Waals surface area contributed by atoms with Crippen molar-refractivity contribution in [3.8, 4) is 0 Å². The van der Waals surface area contributed by atoms with Gasteiger partial charge >= 0.3 is 0 Å². The summed E-state index contributed by atoms with van der Waals surface area (Å²) in [6.45, 7) is 7.65. The van der Waals surface area contributed by atoms with Crippen LogP contribution in [0.25, 0.3) is 0 Å². The van der Waals surface area contributed by atoms with Gasteiger partial charge in [-0.2, -0.15) is 0 Å². The first kappa shape index (κ1) is 11.5. The highest BCUT2D eigenvalue weighted by molar-refractivity contribution is 9.09. The number of hydrogen-bond acceptors (Lipinski definition) is 1. The van der Waals surface area contributed by atoms with Gasteiger partial charge in [-0.15, -0.1) is 0 Å². The Hall–Kier alpha value is 0.440. The summed E-state index contributed by atoms with van der Waals surface area (Å²) in [4.78, 5) is 0.678. The van der Waals surface area contributed by atoms with Gasteiger partial charge in [0.05, 0.1) is 6.10 Å². The molecule has 0 aromatic rings. The molecule has 0 spiro atoms. The molecule has 0 bridgehead atoms. The fourth-order valence-corrected chi connectivity index (χ4v) is 3.62. The summed E-state index contributed by atoms with van der Waals surface area (Å²) < 4.78 is 5.87. The first-order chi connectivity index (χ1) is 6.21. The summed E-state index contributed by atoms with van der Waals surface area (Å²) in [6, 6.07) is 0. The topological polar surface area (TPSA) is 9.23 Å². The van der Waals surface area contributed by atoms with Crippen molar-refractivity contribution in [2.75, 3.05) is 6.61 Å². The highest BCUT2D eigenvalue weighted by Gasteiger charge is 2.51. The maximum Gasteiger partial charge on any atom is 0.0652 e. The van der Waals surface area contributed by atoms with Crippen LogP contribution in [0.1, 0.15) is 46.5 Å². The molecule has 1 nitrogen and oxygen atoms in total. The van der Waals surface area contributed by atoms with Crippen molar-refractivity contribution in [3.05, 3.63) is 0 Å². The summed E-state index contributed by atoms with van der Waals surface area (Å²) in [7, 11) is 0. The van der Waals surface area contributed by atoms with E-state index in [1.807, 2.05) is 0 Å². The van der Waals surface area contributed by atoms with E-state index in [0.29, 0.717) is 16.3 Å². The van der Waals surface area contributed by atoms with E-state index < -0.39 is 0 Å². The smallest absolute Gasteiger partial charge is 0.0652 e. The van der Waals surface area contributed by atoms with Crippen molar-refractivity contribution in [1.29, 1.82) is 0 Å². The van der Waals surface area contributed by atoms with Gasteiger partial charge in [0.2, 0.25) is 0 Å². The molecule has 13 heavy (non-hydrogen) atoms. The van der Waals surface area contributed by atoms with Gasteiger partial charge in [0.25, 0.3) is 0 Å². The minimum absolute atomic E-state index is 0.426. The zero-order valence-electron chi connectivity index (χ0n) is 8.98. The van der Waals surface area contributed by atoms with Crippen molar-refractivity contribution in [1.82, 2.24) is 0 Å². The van der Waals surface area contributed by atoms with Gasteiger partial charge in [-0.05, 0) is 25.7 Å². The van der Waals surface area contributed by atoms with Crippen molar-refractivity contribution in [3.63, 3.8) is 0 Å². The van der Waals surface area contributed by atoms with Crippen LogP contribution in [-0.4, -0.2) is 17.5 Å². The van der Waals surface area contributed by atoms with Crippen molar-refractivity contribution in [2.45, 2.75) is 57.4 Å². The van der Waals surface area contributed by atoms with Crippen LogP contribution in [0.2, 0.25) is 0 Å². The second kappa shape index (κ2) is 4.79. The van der Waals surface area contributed by atoms with Gasteiger partial charge in [0, 0.05) is 16.8 Å². The monoisotopic (exact) mass is 248 g/mol. The molecule has 78 valence electrons. The van der Waals surface area contributed by atoms with E-state index in [9.17, 15) is 0 Å². The Balaban J connectivity index is 2.48. The van der Waals surface area contributed by atoms with Gasteiger partial charge < -0.3 is 4.74 Å². The fourth-order valence-electron chi connectivity index (χ4n) is 2.34. The third-order valence-corrected chi connectivity index (χ3v) is 4.81. The number of rotatable bonds is 5. The van der Waals surface area contributed by atoms with Crippen molar-refractivity contribution in [2.24, 2.45) is 5.41 Å². The predicted molar refractivity (Wildman–Crippen MR) is 60.4 cm³/mol. The molecule has 0 N–H and O–H groups in total. The first-order valence-corrected chi connectivity index (χ1v) is 6.38. The van der Waals surface area contributed by atoms with Gasteiger partial charge in [-0.1, -0.05) is 36.7 Å². The molecule has 1 aliphatic rings. The van der Waals surface area contributed by atoms with Crippen LogP contribution in [-0.2, 0) is 4.74 Å². The molecule has 0 aliphatic heterocycles. The molecule has 2 unspecified atom stereocenters. The minimum Gasteiger partial charge on any atom is -0.378 e. The molecule has 2 atom stereocenters. The first-order valence-electron chi connectivity index (χ1n) is 5.46. The fraction of sp³-hybridized carbons (Fsp3) is 1.00. The Morgan fingerprint density at radius 3 is 2.31 bits per heavy atom. The molecular weight excluding hydrogens is 228 g/mol. The predicted octanol–water partition coefficient (Wildman–Crippen LogP) is 3.76. The van der Waals surface area contributed by atoms with Gasteiger partial charge in [-0.25, -0.2) is 0 Å². The summed E-state index contributed by atoms with van der Waals surface area (Å²) in [5.41, 5.74) is 0.426. The number of ether oxygens (including phenoxy) is 1. The van der Waals surface area contributed by atoms with Crippen LogP contribution in [0, 0.1) is 5.41 Å². The van der Waals surface area contributed by atoms with Crippen molar-refractivity contribution < 1.29 is 4.74 Å². The highest BCUT2D eigenvalue weighted by Crippen LogP contribution is 2.52. The van der Waals surface area contributed by atoms with Crippen molar-refractivity contribution >= 4 is 15.9 Å². The normalized spacial score (nSPS) is 31.4. The second-order valence-corrected chi connectivity index (χ2v) is 5.11. The summed E-state index contributed by atoms with van der Waals surface area (Å²) >= 11 is 3.76. The van der Waals surface area contributed by atoms with Crippen LogP contribution in [0.3, 0.4) is 0 Å². The molecule has 0 aromatic carbocycles. The summed E-state index contributed by atoms with van der Waals surface area (Å²) in [5.74, 6) is 0. The molecule has 0 radical (unpaired) electrons. The largest absolute Gasteiger partial charge is 0.378 e. The minimum atomic E-state index is 0.426. The van der Waals surface area contributed by atoms with E-state index in [1.54, 1.807) is 0 Å². The average molecular weight is 249 g/mol.